The molecule has 0 saturated carbocycles. The number of carbonyl (C=O) groups excluding carboxylic acids is 1. The fourth-order valence-electron chi connectivity index (χ4n) is 1.62. The SMILES string of the molecule is O=C(Nc1ccc(-c2csnn2)cc1)c1cccs1. The van der Waals surface area contributed by atoms with E-state index in [-0.39, 0.29) is 5.91 Å². The minimum atomic E-state index is -0.0851. The molecule has 3 rings (SSSR count). The van der Waals surface area contributed by atoms with Crippen LogP contribution in [-0.4, -0.2) is 15.5 Å². The zero-order valence-corrected chi connectivity index (χ0v) is 11.4. The predicted octanol–water partition coefficient (Wildman–Crippen LogP) is 3.52. The van der Waals surface area contributed by atoms with Crippen molar-refractivity contribution in [2.45, 2.75) is 0 Å². The number of nitrogens with one attached hydrogen (secondary N) is 1. The number of hydrogen-bond acceptors (Lipinski definition) is 5. The molecular weight excluding hydrogens is 278 g/mol. The van der Waals surface area contributed by atoms with Gasteiger partial charge in [0.1, 0.15) is 5.69 Å². The third-order valence-corrected chi connectivity index (χ3v) is 3.92. The molecule has 0 aliphatic heterocycles. The molecule has 2 aromatic heterocycles. The molecule has 19 heavy (non-hydrogen) atoms. The van der Waals surface area contributed by atoms with Gasteiger partial charge in [0, 0.05) is 16.6 Å². The maximum atomic E-state index is 11.9. The number of thiophene rings is 1. The molecule has 1 N–H and O–H groups in total. The molecule has 94 valence electrons. The van der Waals surface area contributed by atoms with Crippen molar-refractivity contribution in [2.24, 2.45) is 0 Å². The summed E-state index contributed by atoms with van der Waals surface area (Å²) in [5.74, 6) is -0.0851. The summed E-state index contributed by atoms with van der Waals surface area (Å²) in [5, 5.41) is 10.6. The average molecular weight is 287 g/mol. The largest absolute Gasteiger partial charge is 0.321 e. The highest BCUT2D eigenvalue weighted by Crippen LogP contribution is 2.20. The first-order chi connectivity index (χ1) is 9.33. The number of amides is 1. The maximum absolute atomic E-state index is 11.9. The van der Waals surface area contributed by atoms with Crippen LogP contribution in [0.15, 0.2) is 47.2 Å². The molecule has 0 saturated heterocycles. The van der Waals surface area contributed by atoms with Crippen molar-refractivity contribution in [2.75, 3.05) is 5.32 Å². The van der Waals surface area contributed by atoms with Crippen molar-refractivity contribution in [3.63, 3.8) is 0 Å². The summed E-state index contributed by atoms with van der Waals surface area (Å²) in [4.78, 5) is 12.6. The van der Waals surface area contributed by atoms with Crippen LogP contribution in [0.3, 0.4) is 0 Å². The Labute approximate surface area is 117 Å². The fraction of sp³-hybridized carbons (Fsp3) is 0. The lowest BCUT2D eigenvalue weighted by molar-refractivity contribution is 0.103. The van der Waals surface area contributed by atoms with Crippen LogP contribution >= 0.6 is 22.9 Å². The molecule has 1 aromatic carbocycles. The lowest BCUT2D eigenvalue weighted by Gasteiger charge is -2.04. The van der Waals surface area contributed by atoms with Crippen molar-refractivity contribution >= 4 is 34.5 Å². The van der Waals surface area contributed by atoms with E-state index < -0.39 is 0 Å². The van der Waals surface area contributed by atoms with Crippen LogP contribution in [0.1, 0.15) is 9.67 Å². The second kappa shape index (κ2) is 5.29. The Bertz CT molecular complexity index is 661. The van der Waals surface area contributed by atoms with Crippen LogP contribution in [0.2, 0.25) is 0 Å². The van der Waals surface area contributed by atoms with Gasteiger partial charge in [-0.2, -0.15) is 0 Å². The smallest absolute Gasteiger partial charge is 0.265 e. The second-order valence-corrected chi connectivity index (χ2v) is 5.36. The Balaban J connectivity index is 1.75. The number of anilines is 1. The second-order valence-electron chi connectivity index (χ2n) is 3.80. The molecular formula is C13H9N3OS2. The minimum Gasteiger partial charge on any atom is -0.321 e. The number of aromatic nitrogens is 2. The maximum Gasteiger partial charge on any atom is 0.265 e. The molecule has 0 aliphatic carbocycles. The topological polar surface area (TPSA) is 54.9 Å². The van der Waals surface area contributed by atoms with Crippen LogP contribution in [0.4, 0.5) is 5.69 Å². The third kappa shape index (κ3) is 2.69. The van der Waals surface area contributed by atoms with Crippen molar-refractivity contribution in [3.05, 3.63) is 52.0 Å². The number of carbonyl (C=O) groups is 1. The lowest BCUT2D eigenvalue weighted by Crippen LogP contribution is -2.09. The van der Waals surface area contributed by atoms with Gasteiger partial charge in [0.2, 0.25) is 0 Å². The summed E-state index contributed by atoms with van der Waals surface area (Å²) in [6.45, 7) is 0. The van der Waals surface area contributed by atoms with Gasteiger partial charge in [-0.1, -0.05) is 22.7 Å². The Morgan fingerprint density at radius 2 is 2.00 bits per heavy atom. The van der Waals surface area contributed by atoms with E-state index in [1.54, 1.807) is 6.07 Å². The molecule has 0 bridgehead atoms. The highest BCUT2D eigenvalue weighted by atomic mass is 32.1. The quantitative estimate of drug-likeness (QED) is 0.802. The van der Waals surface area contributed by atoms with Crippen LogP contribution in [0.5, 0.6) is 0 Å². The monoisotopic (exact) mass is 287 g/mol. The van der Waals surface area contributed by atoms with Crippen molar-refractivity contribution < 1.29 is 4.79 Å². The summed E-state index contributed by atoms with van der Waals surface area (Å²) in [6.07, 6.45) is 0. The van der Waals surface area contributed by atoms with Gasteiger partial charge < -0.3 is 5.32 Å². The molecule has 4 nitrogen and oxygen atoms in total. The molecule has 0 radical (unpaired) electrons. The summed E-state index contributed by atoms with van der Waals surface area (Å²) in [6, 6.07) is 11.2. The van der Waals surface area contributed by atoms with E-state index in [4.69, 9.17) is 0 Å². The van der Waals surface area contributed by atoms with Crippen LogP contribution < -0.4 is 5.32 Å². The van der Waals surface area contributed by atoms with Gasteiger partial charge in [0.15, 0.2) is 0 Å². The molecule has 0 aliphatic rings. The van der Waals surface area contributed by atoms with Crippen molar-refractivity contribution in [3.8, 4) is 11.3 Å². The number of rotatable bonds is 3. The highest BCUT2D eigenvalue weighted by molar-refractivity contribution is 7.12. The zero-order chi connectivity index (χ0) is 13.1. The minimum absolute atomic E-state index is 0.0851. The normalized spacial score (nSPS) is 10.3. The fourth-order valence-corrected chi connectivity index (χ4v) is 2.70. The van der Waals surface area contributed by atoms with E-state index in [1.165, 1.54) is 22.9 Å². The summed E-state index contributed by atoms with van der Waals surface area (Å²) >= 11 is 2.74. The van der Waals surface area contributed by atoms with Gasteiger partial charge in [-0.25, -0.2) is 0 Å². The van der Waals surface area contributed by atoms with Gasteiger partial charge in [-0.05, 0) is 35.1 Å². The first-order valence-electron chi connectivity index (χ1n) is 5.55. The van der Waals surface area contributed by atoms with E-state index in [0.717, 1.165) is 16.9 Å². The Morgan fingerprint density at radius 3 is 2.63 bits per heavy atom. The first kappa shape index (κ1) is 12.0. The molecule has 0 fully saturated rings. The Kier molecular flexibility index (Phi) is 3.35. The van der Waals surface area contributed by atoms with E-state index >= 15 is 0 Å². The molecule has 0 atom stereocenters. The third-order valence-electron chi connectivity index (χ3n) is 2.54. The number of nitrogens with zero attached hydrogens (tertiary/aromatic N) is 2. The molecule has 3 aromatic rings. The van der Waals surface area contributed by atoms with Gasteiger partial charge in [-0.3, -0.25) is 4.79 Å². The zero-order valence-electron chi connectivity index (χ0n) is 9.74. The van der Waals surface area contributed by atoms with Crippen molar-refractivity contribution in [1.82, 2.24) is 9.59 Å². The summed E-state index contributed by atoms with van der Waals surface area (Å²) in [5.41, 5.74) is 2.61. The lowest BCUT2D eigenvalue weighted by atomic mass is 10.1. The van der Waals surface area contributed by atoms with E-state index in [0.29, 0.717) is 4.88 Å². The predicted molar refractivity (Wildman–Crippen MR) is 77.6 cm³/mol. The van der Waals surface area contributed by atoms with Crippen LogP contribution in [-0.2, 0) is 0 Å². The molecule has 1 amide bonds. The highest BCUT2D eigenvalue weighted by Gasteiger charge is 2.07. The standard InChI is InChI=1S/C13H9N3OS2/c17-13(12-2-1-7-18-12)14-10-5-3-9(4-6-10)11-8-19-16-15-11/h1-8H,(H,14,17). The molecule has 0 spiro atoms. The van der Waals surface area contributed by atoms with E-state index in [2.05, 4.69) is 14.9 Å². The van der Waals surface area contributed by atoms with Gasteiger partial charge in [0.25, 0.3) is 5.91 Å². The molecule has 2 heterocycles. The summed E-state index contributed by atoms with van der Waals surface area (Å²) in [7, 11) is 0. The first-order valence-corrected chi connectivity index (χ1v) is 7.27. The van der Waals surface area contributed by atoms with Gasteiger partial charge in [0.05, 0.1) is 4.88 Å². The average Bonchev–Trinajstić information content (AvgIpc) is 3.13. The van der Waals surface area contributed by atoms with E-state index in [1.807, 2.05) is 41.1 Å². The summed E-state index contributed by atoms with van der Waals surface area (Å²) < 4.78 is 3.83. The van der Waals surface area contributed by atoms with Crippen LogP contribution in [0.25, 0.3) is 11.3 Å². The van der Waals surface area contributed by atoms with Gasteiger partial charge in [-0.15, -0.1) is 16.4 Å². The molecule has 6 heteroatoms. The number of hydrogen-bond donors (Lipinski definition) is 1. The van der Waals surface area contributed by atoms with Gasteiger partial charge >= 0.3 is 0 Å². The van der Waals surface area contributed by atoms with E-state index in [9.17, 15) is 4.79 Å². The number of benzene rings is 1. The Hall–Kier alpha value is -2.05. The van der Waals surface area contributed by atoms with Crippen LogP contribution in [0, 0.1) is 0 Å². The van der Waals surface area contributed by atoms with Crippen molar-refractivity contribution in [1.29, 1.82) is 0 Å². The Morgan fingerprint density at radius 1 is 1.16 bits per heavy atom. The molecule has 0 unspecified atom stereocenters.